The monoisotopic (exact) mass is 472 g/mol. The molecule has 2 saturated carbocycles. The van der Waals surface area contributed by atoms with Gasteiger partial charge in [0.2, 0.25) is 5.91 Å². The smallest absolute Gasteiger partial charge is 0.237 e. The predicted molar refractivity (Wildman–Crippen MR) is 129 cm³/mol. The zero-order chi connectivity index (χ0) is 23.9. The summed E-state index contributed by atoms with van der Waals surface area (Å²) in [7, 11) is 2.05. The molecule has 4 N–H and O–H groups in total. The van der Waals surface area contributed by atoms with Crippen molar-refractivity contribution >= 4 is 5.91 Å². The summed E-state index contributed by atoms with van der Waals surface area (Å²) >= 11 is 0. The van der Waals surface area contributed by atoms with E-state index >= 15 is 0 Å². The molecule has 34 heavy (non-hydrogen) atoms. The van der Waals surface area contributed by atoms with Crippen LogP contribution in [0.15, 0.2) is 30.3 Å². The maximum atomic E-state index is 13.0. The standard InChI is InChI=1S/C26H40N4O4/c1-27-26(20-8-3-2-4-9-20)12-10-25(11-13-26)18-29(24(34)30(25)14-19-6-5-7-19)17-23(33)28-15-21(31)22(32)16-28/h2-4,8-9,19,21-22,24,27,31-32,34H,5-7,10-18H2,1H3/t21-,22+,24?,25-,26+. The molecule has 2 saturated heterocycles. The number of carbonyl (C=O) groups is 1. The van der Waals surface area contributed by atoms with Gasteiger partial charge in [0.1, 0.15) is 0 Å². The van der Waals surface area contributed by atoms with Crippen LogP contribution in [-0.4, -0.2) is 99.8 Å². The van der Waals surface area contributed by atoms with Crippen LogP contribution in [-0.2, 0) is 10.3 Å². The number of aliphatic hydroxyl groups excluding tert-OH is 3. The topological polar surface area (TPSA) is 99.5 Å². The van der Waals surface area contributed by atoms with Crippen LogP contribution in [0.25, 0.3) is 0 Å². The molecule has 0 aromatic heterocycles. The molecule has 1 aromatic carbocycles. The molecule has 1 amide bonds. The third kappa shape index (κ3) is 4.29. The van der Waals surface area contributed by atoms with Gasteiger partial charge in [0, 0.05) is 37.3 Å². The summed E-state index contributed by atoms with van der Waals surface area (Å²) < 4.78 is 0. The third-order valence-corrected chi connectivity index (χ3v) is 9.18. The summed E-state index contributed by atoms with van der Waals surface area (Å²) in [5.41, 5.74) is 1.11. The Labute approximate surface area is 202 Å². The number of rotatable bonds is 6. The van der Waals surface area contributed by atoms with Crippen molar-refractivity contribution in [3.8, 4) is 0 Å². The number of hydrogen-bond acceptors (Lipinski definition) is 7. The van der Waals surface area contributed by atoms with E-state index in [0.29, 0.717) is 12.5 Å². The number of likely N-dealkylation sites (tertiary alicyclic amines) is 1. The van der Waals surface area contributed by atoms with Crippen molar-refractivity contribution in [2.45, 2.75) is 74.6 Å². The van der Waals surface area contributed by atoms with Crippen LogP contribution in [0.2, 0.25) is 0 Å². The fourth-order valence-electron chi connectivity index (χ4n) is 6.65. The van der Waals surface area contributed by atoms with Crippen molar-refractivity contribution in [2.24, 2.45) is 5.92 Å². The van der Waals surface area contributed by atoms with Crippen molar-refractivity contribution in [3.05, 3.63) is 35.9 Å². The molecule has 4 aliphatic rings. The van der Waals surface area contributed by atoms with Gasteiger partial charge in [-0.05, 0) is 57.1 Å². The van der Waals surface area contributed by atoms with Crippen molar-refractivity contribution in [1.29, 1.82) is 0 Å². The van der Waals surface area contributed by atoms with E-state index in [1.54, 1.807) is 0 Å². The van der Waals surface area contributed by atoms with E-state index in [2.05, 4.69) is 40.5 Å². The molecular formula is C26H40N4O4. The number of nitrogens with zero attached hydrogens (tertiary/aromatic N) is 3. The highest BCUT2D eigenvalue weighted by Crippen LogP contribution is 2.48. The van der Waals surface area contributed by atoms with E-state index in [-0.39, 0.29) is 36.6 Å². The predicted octanol–water partition coefficient (Wildman–Crippen LogP) is 0.672. The Morgan fingerprint density at radius 2 is 1.68 bits per heavy atom. The van der Waals surface area contributed by atoms with Gasteiger partial charge in [-0.3, -0.25) is 14.6 Å². The lowest BCUT2D eigenvalue weighted by molar-refractivity contribution is -0.138. The lowest BCUT2D eigenvalue weighted by Crippen LogP contribution is -2.57. The normalized spacial score (nSPS) is 37.4. The minimum Gasteiger partial charge on any atom is -0.388 e. The molecular weight excluding hydrogens is 432 g/mol. The first kappa shape index (κ1) is 24.2. The molecule has 4 fully saturated rings. The van der Waals surface area contributed by atoms with Crippen LogP contribution in [0.4, 0.5) is 0 Å². The molecule has 1 unspecified atom stereocenters. The molecule has 0 radical (unpaired) electrons. The minimum atomic E-state index is -0.889. The van der Waals surface area contributed by atoms with Crippen molar-refractivity contribution in [1.82, 2.24) is 20.0 Å². The highest BCUT2D eigenvalue weighted by molar-refractivity contribution is 5.78. The molecule has 0 bridgehead atoms. The van der Waals surface area contributed by atoms with E-state index in [4.69, 9.17) is 0 Å². The van der Waals surface area contributed by atoms with Crippen molar-refractivity contribution in [2.75, 3.05) is 39.8 Å². The van der Waals surface area contributed by atoms with Crippen molar-refractivity contribution < 1.29 is 20.1 Å². The molecule has 188 valence electrons. The summed E-state index contributed by atoms with van der Waals surface area (Å²) in [5, 5.41) is 34.7. The summed E-state index contributed by atoms with van der Waals surface area (Å²) in [5.74, 6) is 0.483. The van der Waals surface area contributed by atoms with Crippen LogP contribution in [0, 0.1) is 5.92 Å². The molecule has 8 nitrogen and oxygen atoms in total. The van der Waals surface area contributed by atoms with E-state index in [0.717, 1.165) is 32.2 Å². The lowest BCUT2D eigenvalue weighted by Gasteiger charge is -2.50. The second kappa shape index (κ2) is 9.48. The zero-order valence-electron chi connectivity index (χ0n) is 20.3. The number of benzene rings is 1. The minimum absolute atomic E-state index is 0.0648. The summed E-state index contributed by atoms with van der Waals surface area (Å²) in [6.45, 7) is 1.97. The first-order valence-electron chi connectivity index (χ1n) is 12.9. The van der Waals surface area contributed by atoms with Gasteiger partial charge in [0.15, 0.2) is 6.35 Å². The largest absolute Gasteiger partial charge is 0.388 e. The number of nitrogens with one attached hydrogen (secondary N) is 1. The molecule has 1 spiro atoms. The van der Waals surface area contributed by atoms with E-state index in [1.165, 1.54) is 29.7 Å². The summed E-state index contributed by atoms with van der Waals surface area (Å²) in [6.07, 6.45) is 5.01. The average Bonchev–Trinajstić information content (AvgIpc) is 3.28. The van der Waals surface area contributed by atoms with Gasteiger partial charge in [-0.15, -0.1) is 0 Å². The molecule has 5 rings (SSSR count). The number of hydrogen-bond donors (Lipinski definition) is 4. The third-order valence-electron chi connectivity index (χ3n) is 9.18. The van der Waals surface area contributed by atoms with Crippen LogP contribution >= 0.6 is 0 Å². The number of aliphatic hydroxyl groups is 3. The highest BCUT2D eigenvalue weighted by atomic mass is 16.3. The summed E-state index contributed by atoms with van der Waals surface area (Å²) in [6, 6.07) is 10.7. The first-order valence-corrected chi connectivity index (χ1v) is 12.9. The van der Waals surface area contributed by atoms with Crippen LogP contribution in [0.1, 0.15) is 50.5 Å². The van der Waals surface area contributed by atoms with Gasteiger partial charge >= 0.3 is 0 Å². The molecule has 3 atom stereocenters. The second-order valence-corrected chi connectivity index (χ2v) is 11.1. The maximum Gasteiger partial charge on any atom is 0.237 e. The molecule has 2 heterocycles. The number of amides is 1. The maximum absolute atomic E-state index is 13.0. The Bertz CT molecular complexity index is 846. The van der Waals surface area contributed by atoms with Crippen LogP contribution in [0.3, 0.4) is 0 Å². The van der Waals surface area contributed by atoms with E-state index in [9.17, 15) is 20.1 Å². The lowest BCUT2D eigenvalue weighted by atomic mass is 9.68. The Kier molecular flexibility index (Phi) is 6.74. The Morgan fingerprint density at radius 3 is 2.24 bits per heavy atom. The summed E-state index contributed by atoms with van der Waals surface area (Å²) in [4.78, 5) is 18.7. The molecule has 2 aliphatic heterocycles. The zero-order valence-corrected chi connectivity index (χ0v) is 20.3. The van der Waals surface area contributed by atoms with Gasteiger partial charge < -0.3 is 25.5 Å². The van der Waals surface area contributed by atoms with Crippen LogP contribution in [0.5, 0.6) is 0 Å². The fraction of sp³-hybridized carbons (Fsp3) is 0.731. The average molecular weight is 473 g/mol. The van der Waals surface area contributed by atoms with Crippen LogP contribution < -0.4 is 5.32 Å². The molecule has 2 aliphatic carbocycles. The fourth-order valence-corrected chi connectivity index (χ4v) is 6.65. The highest BCUT2D eigenvalue weighted by Gasteiger charge is 2.54. The van der Waals surface area contributed by atoms with Gasteiger partial charge in [-0.25, -0.2) is 0 Å². The molecule has 1 aromatic rings. The van der Waals surface area contributed by atoms with Gasteiger partial charge in [0.05, 0.1) is 18.8 Å². The van der Waals surface area contributed by atoms with Gasteiger partial charge in [-0.1, -0.05) is 36.8 Å². The molecule has 8 heteroatoms. The van der Waals surface area contributed by atoms with E-state index in [1.807, 2.05) is 11.9 Å². The Morgan fingerprint density at radius 1 is 1.03 bits per heavy atom. The number of β-amino-alcohol motifs (C(OH)–C–C–N with tert-alkyl or cyclic N) is 2. The quantitative estimate of drug-likeness (QED) is 0.483. The van der Waals surface area contributed by atoms with Gasteiger partial charge in [-0.2, -0.15) is 0 Å². The second-order valence-electron chi connectivity index (χ2n) is 11.1. The first-order chi connectivity index (χ1) is 16.4. The van der Waals surface area contributed by atoms with E-state index < -0.39 is 18.6 Å². The Hall–Kier alpha value is -1.55. The SMILES string of the molecule is CN[C@]1(c2ccccc2)CC[C@]2(CC1)CN(CC(=O)N1C[C@@H](O)[C@@H](O)C1)C(O)N2CC1CCC1. The van der Waals surface area contributed by atoms with Crippen molar-refractivity contribution in [3.63, 3.8) is 0 Å². The Balaban J connectivity index is 1.32. The van der Waals surface area contributed by atoms with Gasteiger partial charge in [0.25, 0.3) is 0 Å². The number of carbonyl (C=O) groups excluding carboxylic acids is 1.